The highest BCUT2D eigenvalue weighted by Gasteiger charge is 2.21. The Bertz CT molecular complexity index is 577. The fourth-order valence-corrected chi connectivity index (χ4v) is 3.11. The number of aliphatic imine (C=N–C) groups is 1. The van der Waals surface area contributed by atoms with Crippen LogP contribution in [0.25, 0.3) is 6.08 Å². The van der Waals surface area contributed by atoms with Crippen molar-refractivity contribution in [1.82, 2.24) is 9.78 Å². The normalized spacial score (nSPS) is 20.2. The summed E-state index contributed by atoms with van der Waals surface area (Å²) in [6, 6.07) is 0.506. The molecule has 0 bridgehead atoms. The zero-order valence-electron chi connectivity index (χ0n) is 14.0. The van der Waals surface area contributed by atoms with Crippen molar-refractivity contribution in [2.24, 2.45) is 10.9 Å². The maximum Gasteiger partial charge on any atom is 0.0886 e. The predicted molar refractivity (Wildman–Crippen MR) is 90.4 cm³/mol. The number of fused-ring (bicyclic) bond motifs is 1. The van der Waals surface area contributed by atoms with Gasteiger partial charge in [0.05, 0.1) is 11.7 Å². The monoisotopic (exact) mass is 301 g/mol. The van der Waals surface area contributed by atoms with E-state index in [1.165, 1.54) is 16.8 Å². The van der Waals surface area contributed by atoms with Crippen LogP contribution in [0.2, 0.25) is 0 Å². The molecule has 0 atom stereocenters. The van der Waals surface area contributed by atoms with Gasteiger partial charge in [0.15, 0.2) is 0 Å². The maximum atomic E-state index is 5.45. The SMILES string of the molecule is CC(=NCC(C)C)C1=Cc2nn(C3CCOCC3)cc2CC1. The molecule has 120 valence electrons. The first-order valence-corrected chi connectivity index (χ1v) is 8.51. The van der Waals surface area contributed by atoms with Gasteiger partial charge in [-0.15, -0.1) is 0 Å². The Morgan fingerprint density at radius 1 is 1.36 bits per heavy atom. The van der Waals surface area contributed by atoms with Crippen molar-refractivity contribution in [3.8, 4) is 0 Å². The number of allylic oxidation sites excluding steroid dienone is 1. The molecule has 0 saturated carbocycles. The number of rotatable bonds is 4. The van der Waals surface area contributed by atoms with E-state index >= 15 is 0 Å². The van der Waals surface area contributed by atoms with Gasteiger partial charge in [0, 0.05) is 31.7 Å². The zero-order chi connectivity index (χ0) is 15.5. The summed E-state index contributed by atoms with van der Waals surface area (Å²) in [5.41, 5.74) is 5.06. The van der Waals surface area contributed by atoms with Crippen LogP contribution in [-0.2, 0) is 11.2 Å². The van der Waals surface area contributed by atoms with E-state index in [1.54, 1.807) is 0 Å². The lowest BCUT2D eigenvalue weighted by Crippen LogP contribution is -2.19. The molecule has 1 fully saturated rings. The van der Waals surface area contributed by atoms with Crippen molar-refractivity contribution in [1.29, 1.82) is 0 Å². The first-order chi connectivity index (χ1) is 10.6. The van der Waals surface area contributed by atoms with E-state index < -0.39 is 0 Å². The first-order valence-electron chi connectivity index (χ1n) is 8.51. The van der Waals surface area contributed by atoms with E-state index in [0.29, 0.717) is 12.0 Å². The Morgan fingerprint density at radius 3 is 2.86 bits per heavy atom. The molecule has 4 heteroatoms. The molecule has 4 nitrogen and oxygen atoms in total. The number of hydrogen-bond donors (Lipinski definition) is 0. The van der Waals surface area contributed by atoms with Crippen molar-refractivity contribution in [3.05, 3.63) is 23.0 Å². The summed E-state index contributed by atoms with van der Waals surface area (Å²) in [4.78, 5) is 4.71. The van der Waals surface area contributed by atoms with Crippen LogP contribution in [0.4, 0.5) is 0 Å². The molecule has 0 radical (unpaired) electrons. The number of ether oxygens (including phenoxy) is 1. The van der Waals surface area contributed by atoms with E-state index in [-0.39, 0.29) is 0 Å². The fourth-order valence-electron chi connectivity index (χ4n) is 3.11. The molecular formula is C18H27N3O. The topological polar surface area (TPSA) is 39.4 Å². The van der Waals surface area contributed by atoms with Crippen LogP contribution in [0.1, 0.15) is 57.3 Å². The van der Waals surface area contributed by atoms with Gasteiger partial charge in [-0.25, -0.2) is 0 Å². The smallest absolute Gasteiger partial charge is 0.0886 e. The maximum absolute atomic E-state index is 5.45. The van der Waals surface area contributed by atoms with Crippen LogP contribution >= 0.6 is 0 Å². The average molecular weight is 301 g/mol. The molecule has 1 saturated heterocycles. The van der Waals surface area contributed by atoms with Gasteiger partial charge >= 0.3 is 0 Å². The molecule has 0 N–H and O–H groups in total. The number of hydrogen-bond acceptors (Lipinski definition) is 3. The summed E-state index contributed by atoms with van der Waals surface area (Å²) < 4.78 is 7.62. The van der Waals surface area contributed by atoms with E-state index in [0.717, 1.165) is 51.1 Å². The zero-order valence-corrected chi connectivity index (χ0v) is 14.0. The van der Waals surface area contributed by atoms with Gasteiger partial charge in [-0.3, -0.25) is 9.67 Å². The minimum atomic E-state index is 0.506. The van der Waals surface area contributed by atoms with Gasteiger partial charge < -0.3 is 4.74 Å². The van der Waals surface area contributed by atoms with Crippen LogP contribution < -0.4 is 0 Å². The van der Waals surface area contributed by atoms with Crippen LogP contribution in [0.3, 0.4) is 0 Å². The van der Waals surface area contributed by atoms with Crippen molar-refractivity contribution < 1.29 is 4.74 Å². The van der Waals surface area contributed by atoms with Gasteiger partial charge in [-0.2, -0.15) is 5.10 Å². The lowest BCUT2D eigenvalue weighted by atomic mass is 9.95. The highest BCUT2D eigenvalue weighted by Crippen LogP contribution is 2.27. The third-order valence-corrected chi connectivity index (χ3v) is 4.54. The van der Waals surface area contributed by atoms with Gasteiger partial charge in [0.25, 0.3) is 0 Å². The van der Waals surface area contributed by atoms with Crippen LogP contribution in [-0.4, -0.2) is 35.3 Å². The lowest BCUT2D eigenvalue weighted by molar-refractivity contribution is 0.0662. The minimum absolute atomic E-state index is 0.506. The summed E-state index contributed by atoms with van der Waals surface area (Å²) in [5, 5.41) is 4.83. The Hall–Kier alpha value is -1.42. The summed E-state index contributed by atoms with van der Waals surface area (Å²) in [5.74, 6) is 0.613. The molecule has 0 aromatic carbocycles. The van der Waals surface area contributed by atoms with E-state index in [4.69, 9.17) is 14.8 Å². The molecule has 22 heavy (non-hydrogen) atoms. The van der Waals surface area contributed by atoms with Crippen molar-refractivity contribution in [3.63, 3.8) is 0 Å². The fraction of sp³-hybridized carbons (Fsp3) is 0.667. The summed E-state index contributed by atoms with van der Waals surface area (Å²) in [6.45, 7) is 9.18. The molecule has 2 aliphatic rings. The quantitative estimate of drug-likeness (QED) is 0.796. The molecule has 0 spiro atoms. The van der Waals surface area contributed by atoms with Crippen LogP contribution in [0, 0.1) is 5.92 Å². The standard InChI is InChI=1S/C18H27N3O/c1-13(2)11-19-14(3)15-4-5-16-12-21(20-18(16)10-15)17-6-8-22-9-7-17/h10,12-13,17H,4-9,11H2,1-3H3. The van der Waals surface area contributed by atoms with Gasteiger partial charge in [-0.05, 0) is 55.7 Å². The van der Waals surface area contributed by atoms with Gasteiger partial charge in [0.1, 0.15) is 0 Å². The highest BCUT2D eigenvalue weighted by atomic mass is 16.5. The number of nitrogens with zero attached hydrogens (tertiary/aromatic N) is 3. The Balaban J connectivity index is 1.77. The lowest BCUT2D eigenvalue weighted by Gasteiger charge is -2.22. The molecular weight excluding hydrogens is 274 g/mol. The van der Waals surface area contributed by atoms with Crippen molar-refractivity contribution >= 4 is 11.8 Å². The Labute approximate surface area is 133 Å². The molecule has 3 rings (SSSR count). The van der Waals surface area contributed by atoms with Crippen molar-refractivity contribution in [2.75, 3.05) is 19.8 Å². The molecule has 1 aromatic rings. The van der Waals surface area contributed by atoms with E-state index in [1.807, 2.05) is 0 Å². The van der Waals surface area contributed by atoms with E-state index in [9.17, 15) is 0 Å². The van der Waals surface area contributed by atoms with Crippen LogP contribution in [0.15, 0.2) is 16.8 Å². The molecule has 1 aromatic heterocycles. The van der Waals surface area contributed by atoms with Gasteiger partial charge in [-0.1, -0.05) is 13.8 Å². The van der Waals surface area contributed by atoms with Crippen molar-refractivity contribution in [2.45, 2.75) is 52.5 Å². The second kappa shape index (κ2) is 6.78. The Kier molecular flexibility index (Phi) is 4.77. The Morgan fingerprint density at radius 2 is 2.14 bits per heavy atom. The summed E-state index contributed by atoms with van der Waals surface area (Å²) in [6.07, 6.45) is 8.81. The predicted octanol–water partition coefficient (Wildman–Crippen LogP) is 3.68. The summed E-state index contributed by atoms with van der Waals surface area (Å²) >= 11 is 0. The molecule has 1 aliphatic carbocycles. The molecule has 2 heterocycles. The third-order valence-electron chi connectivity index (χ3n) is 4.54. The molecule has 0 unspecified atom stereocenters. The van der Waals surface area contributed by atoms with Crippen LogP contribution in [0.5, 0.6) is 0 Å². The molecule has 1 aliphatic heterocycles. The summed E-state index contributed by atoms with van der Waals surface area (Å²) in [7, 11) is 0. The first kappa shape index (κ1) is 15.5. The van der Waals surface area contributed by atoms with Gasteiger partial charge in [0.2, 0.25) is 0 Å². The number of aromatic nitrogens is 2. The second-order valence-corrected chi connectivity index (χ2v) is 6.85. The highest BCUT2D eigenvalue weighted by molar-refractivity contribution is 6.02. The largest absolute Gasteiger partial charge is 0.381 e. The minimum Gasteiger partial charge on any atom is -0.381 e. The second-order valence-electron chi connectivity index (χ2n) is 6.85. The third kappa shape index (κ3) is 3.49. The van der Waals surface area contributed by atoms with E-state index in [2.05, 4.69) is 37.7 Å². The number of aryl methyl sites for hydroxylation is 1. The molecule has 0 amide bonds. The average Bonchev–Trinajstić information content (AvgIpc) is 2.96.